The molecule has 0 saturated carbocycles. The van der Waals surface area contributed by atoms with Crippen molar-refractivity contribution in [1.29, 1.82) is 0 Å². The number of nitrogens with one attached hydrogen (secondary N) is 3. The Morgan fingerprint density at radius 2 is 1.96 bits per heavy atom. The first-order valence-electron chi connectivity index (χ1n) is 7.23. The van der Waals surface area contributed by atoms with Gasteiger partial charge in [-0.1, -0.05) is 17.3 Å². The summed E-state index contributed by atoms with van der Waals surface area (Å²) in [4.78, 5) is 26.9. The predicted molar refractivity (Wildman–Crippen MR) is 88.4 cm³/mol. The number of urea groups is 1. The monoisotopic (exact) mass is 325 g/mol. The average molecular weight is 325 g/mol. The molecule has 0 fully saturated rings. The standard InChI is InChI=1S/C16H15N5O3/c1-10(22)19-15-7-6-11(8-17-15)20-16(23)18-9-13-12-4-2-3-5-14(12)24-21-13/h2-8H,9H2,1H3,(H,17,19,22)(H2,18,20,23). The zero-order valence-corrected chi connectivity index (χ0v) is 12.9. The van der Waals surface area contributed by atoms with Crippen LogP contribution in [-0.2, 0) is 11.3 Å². The van der Waals surface area contributed by atoms with Gasteiger partial charge in [-0.2, -0.15) is 0 Å². The molecule has 0 spiro atoms. The molecule has 0 atom stereocenters. The fourth-order valence-electron chi connectivity index (χ4n) is 2.13. The highest BCUT2D eigenvalue weighted by Crippen LogP contribution is 2.17. The Balaban J connectivity index is 1.56. The molecule has 0 bridgehead atoms. The van der Waals surface area contributed by atoms with Crippen LogP contribution in [0.5, 0.6) is 0 Å². The molecule has 122 valence electrons. The highest BCUT2D eigenvalue weighted by molar-refractivity contribution is 5.90. The quantitative estimate of drug-likeness (QED) is 0.683. The molecule has 8 heteroatoms. The van der Waals surface area contributed by atoms with Gasteiger partial charge in [-0.15, -0.1) is 0 Å². The maximum atomic E-state index is 11.9. The predicted octanol–water partition coefficient (Wildman–Crippen LogP) is 2.50. The van der Waals surface area contributed by atoms with Gasteiger partial charge in [0.15, 0.2) is 5.58 Å². The number of hydrogen-bond acceptors (Lipinski definition) is 5. The Morgan fingerprint density at radius 3 is 2.71 bits per heavy atom. The third-order valence-corrected chi connectivity index (χ3v) is 3.19. The van der Waals surface area contributed by atoms with E-state index in [4.69, 9.17) is 4.52 Å². The minimum absolute atomic E-state index is 0.208. The number of carbonyl (C=O) groups excluding carboxylic acids is 2. The minimum Gasteiger partial charge on any atom is -0.356 e. The topological polar surface area (TPSA) is 109 Å². The number of anilines is 2. The Bertz CT molecular complexity index is 873. The largest absolute Gasteiger partial charge is 0.356 e. The lowest BCUT2D eigenvalue weighted by Gasteiger charge is -2.07. The second kappa shape index (κ2) is 6.78. The molecule has 8 nitrogen and oxygen atoms in total. The van der Waals surface area contributed by atoms with Crippen LogP contribution < -0.4 is 16.0 Å². The SMILES string of the molecule is CC(=O)Nc1ccc(NC(=O)NCc2noc3ccccc23)cn1. The van der Waals surface area contributed by atoms with Crippen LogP contribution in [0.25, 0.3) is 11.0 Å². The third kappa shape index (κ3) is 3.67. The maximum absolute atomic E-state index is 11.9. The van der Waals surface area contributed by atoms with E-state index in [-0.39, 0.29) is 12.5 Å². The summed E-state index contributed by atoms with van der Waals surface area (Å²) >= 11 is 0. The van der Waals surface area contributed by atoms with E-state index in [1.807, 2.05) is 24.3 Å². The van der Waals surface area contributed by atoms with Crippen LogP contribution in [-0.4, -0.2) is 22.1 Å². The van der Waals surface area contributed by atoms with Crippen molar-refractivity contribution in [1.82, 2.24) is 15.5 Å². The fourth-order valence-corrected chi connectivity index (χ4v) is 2.13. The summed E-state index contributed by atoms with van der Waals surface area (Å²) in [6.07, 6.45) is 1.45. The Hall–Kier alpha value is -3.42. The number of fused-ring (bicyclic) bond motifs is 1. The third-order valence-electron chi connectivity index (χ3n) is 3.19. The number of pyridine rings is 1. The van der Waals surface area contributed by atoms with Gasteiger partial charge in [0.05, 0.1) is 18.4 Å². The number of amides is 3. The molecule has 0 saturated heterocycles. The molecule has 1 aromatic carbocycles. The first-order valence-corrected chi connectivity index (χ1v) is 7.23. The van der Waals surface area contributed by atoms with Crippen LogP contribution in [0.15, 0.2) is 47.1 Å². The molecular weight excluding hydrogens is 310 g/mol. The van der Waals surface area contributed by atoms with Gasteiger partial charge in [0, 0.05) is 12.3 Å². The van der Waals surface area contributed by atoms with Gasteiger partial charge in [-0.3, -0.25) is 4.79 Å². The number of aromatic nitrogens is 2. The van der Waals surface area contributed by atoms with Gasteiger partial charge in [-0.25, -0.2) is 9.78 Å². The zero-order valence-electron chi connectivity index (χ0n) is 12.9. The molecule has 0 aliphatic heterocycles. The van der Waals surface area contributed by atoms with Crippen LogP contribution in [0, 0.1) is 0 Å². The number of carbonyl (C=O) groups is 2. The van der Waals surface area contributed by atoms with Crippen molar-refractivity contribution in [3.05, 3.63) is 48.3 Å². The van der Waals surface area contributed by atoms with E-state index >= 15 is 0 Å². The highest BCUT2D eigenvalue weighted by Gasteiger charge is 2.09. The van der Waals surface area contributed by atoms with Crippen molar-refractivity contribution in [3.8, 4) is 0 Å². The van der Waals surface area contributed by atoms with Gasteiger partial charge in [0.25, 0.3) is 0 Å². The van der Waals surface area contributed by atoms with Gasteiger partial charge < -0.3 is 20.5 Å². The summed E-state index contributed by atoms with van der Waals surface area (Å²) in [6, 6.07) is 10.3. The molecule has 0 radical (unpaired) electrons. The Kier molecular flexibility index (Phi) is 4.37. The molecule has 3 N–H and O–H groups in total. The number of benzene rings is 1. The fraction of sp³-hybridized carbons (Fsp3) is 0.125. The van der Waals surface area contributed by atoms with Crippen LogP contribution >= 0.6 is 0 Å². The van der Waals surface area contributed by atoms with Crippen molar-refractivity contribution >= 4 is 34.4 Å². The first-order chi connectivity index (χ1) is 11.6. The maximum Gasteiger partial charge on any atom is 0.319 e. The van der Waals surface area contributed by atoms with Crippen LogP contribution in [0.2, 0.25) is 0 Å². The van der Waals surface area contributed by atoms with Gasteiger partial charge in [0.2, 0.25) is 5.91 Å². The zero-order chi connectivity index (χ0) is 16.9. The molecule has 2 heterocycles. The lowest BCUT2D eigenvalue weighted by atomic mass is 10.2. The van der Waals surface area contributed by atoms with Crippen molar-refractivity contribution in [2.45, 2.75) is 13.5 Å². The molecule has 3 aromatic rings. The van der Waals surface area contributed by atoms with E-state index in [1.54, 1.807) is 12.1 Å². The van der Waals surface area contributed by atoms with Crippen LogP contribution in [0.4, 0.5) is 16.3 Å². The smallest absolute Gasteiger partial charge is 0.319 e. The summed E-state index contributed by atoms with van der Waals surface area (Å²) in [5.41, 5.74) is 1.83. The Labute approximate surface area is 137 Å². The van der Waals surface area contributed by atoms with Crippen LogP contribution in [0.3, 0.4) is 0 Å². The minimum atomic E-state index is -0.392. The van der Waals surface area contributed by atoms with Crippen molar-refractivity contribution in [2.24, 2.45) is 0 Å². The molecule has 3 amide bonds. The summed E-state index contributed by atoms with van der Waals surface area (Å²) in [6.45, 7) is 1.63. The van der Waals surface area contributed by atoms with E-state index in [0.717, 1.165) is 5.39 Å². The van der Waals surface area contributed by atoms with Gasteiger partial charge >= 0.3 is 6.03 Å². The average Bonchev–Trinajstić information content (AvgIpc) is 2.98. The number of hydrogen-bond donors (Lipinski definition) is 3. The molecule has 24 heavy (non-hydrogen) atoms. The lowest BCUT2D eigenvalue weighted by Crippen LogP contribution is -2.28. The van der Waals surface area contributed by atoms with E-state index in [9.17, 15) is 9.59 Å². The molecule has 0 aliphatic carbocycles. The molecule has 3 rings (SSSR count). The molecule has 0 aliphatic rings. The summed E-state index contributed by atoms with van der Waals surface area (Å²) in [5.74, 6) is 0.211. The van der Waals surface area contributed by atoms with Crippen molar-refractivity contribution < 1.29 is 14.1 Å². The molecular formula is C16H15N5O3. The first kappa shape index (κ1) is 15.5. The van der Waals surface area contributed by atoms with E-state index in [1.165, 1.54) is 13.1 Å². The number of rotatable bonds is 4. The van der Waals surface area contributed by atoms with E-state index in [2.05, 4.69) is 26.1 Å². The van der Waals surface area contributed by atoms with E-state index in [0.29, 0.717) is 22.8 Å². The summed E-state index contributed by atoms with van der Waals surface area (Å²) in [5, 5.41) is 12.7. The number of nitrogens with zero attached hydrogens (tertiary/aromatic N) is 2. The molecule has 0 unspecified atom stereocenters. The molecule has 2 aromatic heterocycles. The summed E-state index contributed by atoms with van der Waals surface area (Å²) in [7, 11) is 0. The van der Waals surface area contributed by atoms with Gasteiger partial charge in [0.1, 0.15) is 11.5 Å². The van der Waals surface area contributed by atoms with Crippen LogP contribution in [0.1, 0.15) is 12.6 Å². The van der Waals surface area contributed by atoms with Crippen molar-refractivity contribution in [3.63, 3.8) is 0 Å². The normalized spacial score (nSPS) is 10.4. The highest BCUT2D eigenvalue weighted by atomic mass is 16.5. The second-order valence-corrected chi connectivity index (χ2v) is 5.05. The Morgan fingerprint density at radius 1 is 1.12 bits per heavy atom. The lowest BCUT2D eigenvalue weighted by molar-refractivity contribution is -0.114. The summed E-state index contributed by atoms with van der Waals surface area (Å²) < 4.78 is 5.18. The second-order valence-electron chi connectivity index (χ2n) is 5.05. The van der Waals surface area contributed by atoms with Crippen molar-refractivity contribution in [2.75, 3.05) is 10.6 Å². The number of para-hydroxylation sites is 1. The van der Waals surface area contributed by atoms with E-state index < -0.39 is 6.03 Å². The van der Waals surface area contributed by atoms with Gasteiger partial charge in [-0.05, 0) is 24.3 Å².